The van der Waals surface area contributed by atoms with E-state index in [-0.39, 0.29) is 15.5 Å². The van der Waals surface area contributed by atoms with Gasteiger partial charge in [-0.05, 0) is 18.6 Å². The maximum absolute atomic E-state index is 12.1. The number of sulfonamides is 1. The van der Waals surface area contributed by atoms with Gasteiger partial charge < -0.3 is 9.84 Å². The highest BCUT2D eigenvalue weighted by Crippen LogP contribution is 2.22. The predicted molar refractivity (Wildman–Crippen MR) is 76.9 cm³/mol. The summed E-state index contributed by atoms with van der Waals surface area (Å²) in [5.74, 6) is -1.86. The number of carboxylic acids is 1. The van der Waals surface area contributed by atoms with Crippen molar-refractivity contribution in [2.24, 2.45) is 0 Å². The van der Waals surface area contributed by atoms with E-state index >= 15 is 0 Å². The van der Waals surface area contributed by atoms with Crippen LogP contribution in [-0.4, -0.2) is 38.6 Å². The van der Waals surface area contributed by atoms with Gasteiger partial charge in [0.2, 0.25) is 0 Å². The van der Waals surface area contributed by atoms with Crippen LogP contribution in [0.5, 0.6) is 0 Å². The fraction of sp³-hybridized carbons (Fsp3) is 0.500. The van der Waals surface area contributed by atoms with Crippen molar-refractivity contribution in [2.45, 2.75) is 36.4 Å². The summed E-state index contributed by atoms with van der Waals surface area (Å²) in [4.78, 5) is 22.5. The van der Waals surface area contributed by atoms with Crippen LogP contribution < -0.4 is 4.72 Å². The van der Waals surface area contributed by atoms with E-state index in [1.807, 2.05) is 6.92 Å². The van der Waals surface area contributed by atoms with Crippen LogP contribution >= 0.6 is 11.3 Å². The van der Waals surface area contributed by atoms with Gasteiger partial charge in [0, 0.05) is 0 Å². The highest BCUT2D eigenvalue weighted by Gasteiger charge is 2.26. The fourth-order valence-electron chi connectivity index (χ4n) is 1.56. The van der Waals surface area contributed by atoms with Crippen LogP contribution in [0.3, 0.4) is 0 Å². The lowest BCUT2D eigenvalue weighted by atomic mass is 10.1. The normalized spacial score (nSPS) is 12.9. The zero-order valence-corrected chi connectivity index (χ0v) is 13.3. The molecule has 9 heteroatoms. The first-order chi connectivity index (χ1) is 9.81. The van der Waals surface area contributed by atoms with Crippen LogP contribution in [0.25, 0.3) is 0 Å². The smallest absolute Gasteiger partial charge is 0.348 e. The van der Waals surface area contributed by atoms with Crippen LogP contribution in [-0.2, 0) is 19.6 Å². The number of rotatable bonds is 8. The van der Waals surface area contributed by atoms with Crippen LogP contribution in [0, 0.1) is 0 Å². The minimum atomic E-state index is -3.98. The second kappa shape index (κ2) is 7.53. The molecular weight excluding hydrogens is 318 g/mol. The molecule has 1 aromatic rings. The average Bonchev–Trinajstić information content (AvgIpc) is 2.92. The number of aliphatic carboxylic acids is 1. The summed E-state index contributed by atoms with van der Waals surface area (Å²) in [6.07, 6.45) is 1.56. The highest BCUT2D eigenvalue weighted by atomic mass is 32.2. The number of hydrogen-bond acceptors (Lipinski definition) is 6. The molecule has 0 saturated carbocycles. The van der Waals surface area contributed by atoms with Crippen molar-refractivity contribution in [1.82, 2.24) is 4.72 Å². The van der Waals surface area contributed by atoms with E-state index in [0.29, 0.717) is 6.42 Å². The first kappa shape index (κ1) is 17.6. The first-order valence-electron chi connectivity index (χ1n) is 6.25. The zero-order valence-electron chi connectivity index (χ0n) is 11.7. The van der Waals surface area contributed by atoms with Crippen molar-refractivity contribution >= 4 is 33.3 Å². The molecule has 1 heterocycles. The molecule has 0 radical (unpaired) electrons. The summed E-state index contributed by atoms with van der Waals surface area (Å²) < 4.78 is 30.8. The molecule has 2 N–H and O–H groups in total. The van der Waals surface area contributed by atoms with E-state index < -0.39 is 28.0 Å². The molecule has 0 amide bonds. The lowest BCUT2D eigenvalue weighted by Crippen LogP contribution is -2.40. The standard InChI is InChI=1S/C12H17NO6S2/c1-3-4-5-8(11(14)15)13-21(17,18)10-7-6-9(20-10)12(16)19-2/h6-8,13H,3-5H2,1-2H3,(H,14,15)/t8-/m0/s1. The third kappa shape index (κ3) is 4.80. The molecular formula is C12H17NO6S2. The molecule has 0 spiro atoms. The van der Waals surface area contributed by atoms with Gasteiger partial charge in [0.15, 0.2) is 0 Å². The maximum atomic E-state index is 12.1. The molecule has 21 heavy (non-hydrogen) atoms. The molecule has 0 fully saturated rings. The van der Waals surface area contributed by atoms with Crippen molar-refractivity contribution in [1.29, 1.82) is 0 Å². The number of unbranched alkanes of at least 4 members (excludes halogenated alkanes) is 1. The SMILES string of the molecule is CCCC[C@H](NS(=O)(=O)c1ccc(C(=O)OC)s1)C(=O)O. The van der Waals surface area contributed by atoms with Crippen molar-refractivity contribution in [3.63, 3.8) is 0 Å². The summed E-state index contributed by atoms with van der Waals surface area (Å²) in [6, 6.07) is 1.39. The second-order valence-corrected chi connectivity index (χ2v) is 7.29. The molecule has 1 atom stereocenters. The molecule has 0 aliphatic rings. The van der Waals surface area contributed by atoms with Crippen molar-refractivity contribution in [3.05, 3.63) is 17.0 Å². The van der Waals surface area contributed by atoms with Crippen LogP contribution in [0.4, 0.5) is 0 Å². The predicted octanol–water partition coefficient (Wildman–Crippen LogP) is 1.46. The largest absolute Gasteiger partial charge is 0.480 e. The number of thiophene rings is 1. The summed E-state index contributed by atoms with van der Waals surface area (Å²) in [6.45, 7) is 1.88. The summed E-state index contributed by atoms with van der Waals surface area (Å²) in [7, 11) is -2.78. The van der Waals surface area contributed by atoms with Crippen LogP contribution in [0.15, 0.2) is 16.3 Å². The van der Waals surface area contributed by atoms with E-state index in [1.54, 1.807) is 0 Å². The van der Waals surface area contributed by atoms with Crippen molar-refractivity contribution < 1.29 is 27.9 Å². The summed E-state index contributed by atoms with van der Waals surface area (Å²) >= 11 is 0.732. The number of hydrogen-bond donors (Lipinski definition) is 2. The number of carbonyl (C=O) groups is 2. The molecule has 0 aliphatic heterocycles. The zero-order chi connectivity index (χ0) is 16.0. The van der Waals surface area contributed by atoms with Crippen LogP contribution in [0.1, 0.15) is 35.9 Å². The minimum Gasteiger partial charge on any atom is -0.480 e. The highest BCUT2D eigenvalue weighted by molar-refractivity contribution is 7.91. The average molecular weight is 335 g/mol. The van der Waals surface area contributed by atoms with Gasteiger partial charge in [-0.1, -0.05) is 19.8 Å². The summed E-state index contributed by atoms with van der Waals surface area (Å²) in [5.41, 5.74) is 0. The molecule has 0 aromatic carbocycles. The topological polar surface area (TPSA) is 110 Å². The van der Waals surface area contributed by atoms with Gasteiger partial charge in [-0.3, -0.25) is 4.79 Å². The Hall–Kier alpha value is -1.45. The Morgan fingerprint density at radius 3 is 2.62 bits per heavy atom. The Morgan fingerprint density at radius 1 is 1.43 bits per heavy atom. The Kier molecular flexibility index (Phi) is 6.31. The van der Waals surface area contributed by atoms with Crippen LogP contribution in [0.2, 0.25) is 0 Å². The molecule has 118 valence electrons. The number of carbonyl (C=O) groups excluding carboxylic acids is 1. The Morgan fingerprint density at radius 2 is 2.10 bits per heavy atom. The molecule has 0 saturated heterocycles. The Bertz CT molecular complexity index is 607. The molecule has 0 aliphatic carbocycles. The third-order valence-corrected chi connectivity index (χ3v) is 5.70. The number of ether oxygens (including phenoxy) is 1. The summed E-state index contributed by atoms with van der Waals surface area (Å²) in [5, 5.41) is 9.04. The third-order valence-electron chi connectivity index (χ3n) is 2.67. The lowest BCUT2D eigenvalue weighted by molar-refractivity contribution is -0.139. The Labute approximate surface area is 127 Å². The van der Waals surface area contributed by atoms with Crippen molar-refractivity contribution in [2.75, 3.05) is 7.11 Å². The second-order valence-electron chi connectivity index (χ2n) is 4.26. The minimum absolute atomic E-state index is 0.120. The molecule has 1 rings (SSSR count). The number of esters is 1. The van der Waals surface area contributed by atoms with E-state index in [1.165, 1.54) is 19.2 Å². The van der Waals surface area contributed by atoms with Gasteiger partial charge in [-0.15, -0.1) is 11.3 Å². The van der Waals surface area contributed by atoms with Gasteiger partial charge in [0.1, 0.15) is 15.1 Å². The molecule has 7 nitrogen and oxygen atoms in total. The van der Waals surface area contributed by atoms with Gasteiger partial charge in [0.05, 0.1) is 7.11 Å². The lowest BCUT2D eigenvalue weighted by Gasteiger charge is -2.13. The first-order valence-corrected chi connectivity index (χ1v) is 8.55. The Balaban J connectivity index is 2.91. The maximum Gasteiger partial charge on any atom is 0.348 e. The van der Waals surface area contributed by atoms with Gasteiger partial charge >= 0.3 is 11.9 Å². The number of nitrogens with one attached hydrogen (secondary N) is 1. The molecule has 0 unspecified atom stereocenters. The van der Waals surface area contributed by atoms with Gasteiger partial charge in [-0.2, -0.15) is 4.72 Å². The molecule has 0 bridgehead atoms. The number of methoxy groups -OCH3 is 1. The van der Waals surface area contributed by atoms with Gasteiger partial charge in [-0.25, -0.2) is 13.2 Å². The fourth-order valence-corrected chi connectivity index (χ4v) is 4.03. The number of carboxylic acid groups (broad SMARTS) is 1. The van der Waals surface area contributed by atoms with E-state index in [9.17, 15) is 18.0 Å². The van der Waals surface area contributed by atoms with E-state index in [2.05, 4.69) is 9.46 Å². The van der Waals surface area contributed by atoms with Crippen molar-refractivity contribution in [3.8, 4) is 0 Å². The monoisotopic (exact) mass is 335 g/mol. The van der Waals surface area contributed by atoms with E-state index in [0.717, 1.165) is 17.8 Å². The van der Waals surface area contributed by atoms with E-state index in [4.69, 9.17) is 5.11 Å². The van der Waals surface area contributed by atoms with Gasteiger partial charge in [0.25, 0.3) is 10.0 Å². The quantitative estimate of drug-likeness (QED) is 0.696. The molecule has 1 aromatic heterocycles.